The van der Waals surface area contributed by atoms with E-state index in [1.165, 1.54) is 13.4 Å². The lowest BCUT2D eigenvalue weighted by Crippen LogP contribution is -2.32. The molecule has 10 nitrogen and oxygen atoms in total. The number of aromatic nitrogens is 4. The lowest BCUT2D eigenvalue weighted by atomic mass is 10.3. The van der Waals surface area contributed by atoms with Crippen molar-refractivity contribution in [2.24, 2.45) is 0 Å². The van der Waals surface area contributed by atoms with Crippen LogP contribution >= 0.6 is 19.2 Å². The summed E-state index contributed by atoms with van der Waals surface area (Å²) >= 11 is 6.06. The number of halogens is 1. The van der Waals surface area contributed by atoms with E-state index in [2.05, 4.69) is 19.9 Å². The molecule has 0 aliphatic carbocycles. The van der Waals surface area contributed by atoms with Crippen molar-refractivity contribution in [3.05, 3.63) is 17.8 Å². The van der Waals surface area contributed by atoms with Crippen molar-refractivity contribution in [2.75, 3.05) is 46.1 Å². The Kier molecular flexibility index (Phi) is 10.1. The summed E-state index contributed by atoms with van der Waals surface area (Å²) < 4.78 is 30.2. The Bertz CT molecular complexity index is 855. The summed E-state index contributed by atoms with van der Waals surface area (Å²) in [6.07, 6.45) is 4.28. The molecule has 168 valence electrons. The molecule has 0 radical (unpaired) electrons. The molecule has 2 aromatic rings. The molecule has 12 heteroatoms. The highest BCUT2D eigenvalue weighted by atomic mass is 35.5. The average molecular weight is 462 g/mol. The normalized spacial score (nSPS) is 12.0. The number of nitrogens with zero attached hydrogens (tertiary/aromatic N) is 5. The van der Waals surface area contributed by atoms with Crippen LogP contribution in [0.4, 0.5) is 0 Å². The zero-order valence-electron chi connectivity index (χ0n) is 17.6. The van der Waals surface area contributed by atoms with Gasteiger partial charge in [0.2, 0.25) is 0 Å². The first-order valence-electron chi connectivity index (χ1n) is 9.91. The lowest BCUT2D eigenvalue weighted by molar-refractivity contribution is -0.140. The number of imidazole rings is 1. The quantitative estimate of drug-likeness (QED) is 0.238. The fraction of sp³-hybridized carbons (Fsp3) is 0.667. The molecular weight excluding hydrogens is 433 g/mol. The summed E-state index contributed by atoms with van der Waals surface area (Å²) in [5.74, 6) is -0.254. The van der Waals surface area contributed by atoms with Crippen LogP contribution in [0.15, 0.2) is 12.7 Å². The van der Waals surface area contributed by atoms with Gasteiger partial charge < -0.3 is 23.3 Å². The SMILES string of the molecule is CCOP(=O)(CCN(CCCC(=O)OC)CCn1cnc2c(Cl)ncnc21)OCC. The van der Waals surface area contributed by atoms with E-state index in [9.17, 15) is 9.36 Å². The van der Waals surface area contributed by atoms with Gasteiger partial charge in [-0.1, -0.05) is 11.6 Å². The average Bonchev–Trinajstić information content (AvgIpc) is 3.14. The van der Waals surface area contributed by atoms with E-state index >= 15 is 0 Å². The van der Waals surface area contributed by atoms with Crippen molar-refractivity contribution in [3.8, 4) is 0 Å². The number of hydrogen-bond donors (Lipinski definition) is 0. The predicted octanol–water partition coefficient (Wildman–Crippen LogP) is 3.00. The number of methoxy groups -OCH3 is 1. The maximum Gasteiger partial charge on any atom is 0.331 e. The van der Waals surface area contributed by atoms with Crippen LogP contribution in [0.2, 0.25) is 5.15 Å². The second-order valence-electron chi connectivity index (χ2n) is 6.47. The van der Waals surface area contributed by atoms with Gasteiger partial charge in [0.15, 0.2) is 10.8 Å². The van der Waals surface area contributed by atoms with Gasteiger partial charge in [0.25, 0.3) is 0 Å². The molecule has 0 spiro atoms. The molecule has 0 bridgehead atoms. The van der Waals surface area contributed by atoms with E-state index in [0.29, 0.717) is 68.6 Å². The number of rotatable bonds is 14. The van der Waals surface area contributed by atoms with Crippen LogP contribution in [0.25, 0.3) is 11.2 Å². The molecule has 0 saturated heterocycles. The van der Waals surface area contributed by atoms with Crippen molar-refractivity contribution in [1.29, 1.82) is 0 Å². The zero-order chi connectivity index (χ0) is 22.0. The Labute approximate surface area is 181 Å². The van der Waals surface area contributed by atoms with Gasteiger partial charge in [-0.25, -0.2) is 15.0 Å². The zero-order valence-corrected chi connectivity index (χ0v) is 19.3. The fourth-order valence-electron chi connectivity index (χ4n) is 2.97. The van der Waals surface area contributed by atoms with E-state index in [0.717, 1.165) is 0 Å². The molecule has 2 heterocycles. The molecule has 0 fully saturated rings. The number of carbonyl (C=O) groups is 1. The third kappa shape index (κ3) is 7.28. The van der Waals surface area contributed by atoms with Gasteiger partial charge >= 0.3 is 13.6 Å². The minimum Gasteiger partial charge on any atom is -0.469 e. The number of fused-ring (bicyclic) bond motifs is 1. The summed E-state index contributed by atoms with van der Waals surface area (Å²) in [6, 6.07) is 0. The number of ether oxygens (including phenoxy) is 1. The first-order valence-corrected chi connectivity index (χ1v) is 12.0. The maximum atomic E-state index is 12.8. The van der Waals surface area contributed by atoms with Crippen LogP contribution in [0, 0.1) is 0 Å². The topological polar surface area (TPSA) is 109 Å². The second kappa shape index (κ2) is 12.3. The molecular formula is C18H29ClN5O5P. The molecule has 0 aromatic carbocycles. The molecule has 2 aromatic heterocycles. The largest absolute Gasteiger partial charge is 0.469 e. The van der Waals surface area contributed by atoms with E-state index in [1.807, 2.05) is 4.57 Å². The predicted molar refractivity (Wildman–Crippen MR) is 114 cm³/mol. The summed E-state index contributed by atoms with van der Waals surface area (Å²) in [5, 5.41) is 0.308. The highest BCUT2D eigenvalue weighted by molar-refractivity contribution is 7.53. The molecule has 0 amide bonds. The number of esters is 1. The van der Waals surface area contributed by atoms with Crippen LogP contribution in [-0.2, 0) is 29.7 Å². The van der Waals surface area contributed by atoms with Crippen LogP contribution in [0.3, 0.4) is 0 Å². The third-order valence-corrected chi connectivity index (χ3v) is 6.77. The van der Waals surface area contributed by atoms with E-state index in [1.54, 1.807) is 20.2 Å². The fourth-order valence-corrected chi connectivity index (χ4v) is 4.80. The molecule has 0 N–H and O–H groups in total. The molecule has 0 unspecified atom stereocenters. The van der Waals surface area contributed by atoms with Gasteiger partial charge in [-0.2, -0.15) is 0 Å². The van der Waals surface area contributed by atoms with Crippen molar-refractivity contribution in [3.63, 3.8) is 0 Å². The van der Waals surface area contributed by atoms with E-state index < -0.39 is 7.60 Å². The standard InChI is InChI=1S/C18H29ClN5O5P/c1-4-28-30(26,29-5-2)12-11-23(8-6-7-15(25)27-3)9-10-24-14-22-16-17(19)20-13-21-18(16)24/h13-14H,4-12H2,1-3H3. The van der Waals surface area contributed by atoms with Gasteiger partial charge in [-0.15, -0.1) is 0 Å². The minimum atomic E-state index is -3.15. The van der Waals surface area contributed by atoms with Crippen LogP contribution in [0.5, 0.6) is 0 Å². The third-order valence-electron chi connectivity index (χ3n) is 4.44. The molecule has 30 heavy (non-hydrogen) atoms. The van der Waals surface area contributed by atoms with Crippen molar-refractivity contribution in [2.45, 2.75) is 33.2 Å². The van der Waals surface area contributed by atoms with E-state index in [4.69, 9.17) is 25.4 Å². The van der Waals surface area contributed by atoms with Gasteiger partial charge in [-0.05, 0) is 26.8 Å². The Hall–Kier alpha value is -1.58. The molecule has 2 rings (SSSR count). The highest BCUT2D eigenvalue weighted by Gasteiger charge is 2.24. The first-order chi connectivity index (χ1) is 14.4. The molecule has 0 atom stereocenters. The summed E-state index contributed by atoms with van der Waals surface area (Å²) in [5.41, 5.74) is 1.20. The van der Waals surface area contributed by atoms with Gasteiger partial charge in [0, 0.05) is 26.1 Å². The van der Waals surface area contributed by atoms with Crippen molar-refractivity contribution < 1.29 is 23.1 Å². The number of hydrogen-bond acceptors (Lipinski definition) is 9. The smallest absolute Gasteiger partial charge is 0.331 e. The monoisotopic (exact) mass is 461 g/mol. The Morgan fingerprint density at radius 2 is 1.90 bits per heavy atom. The maximum absolute atomic E-state index is 12.8. The lowest BCUT2D eigenvalue weighted by Gasteiger charge is -2.25. The van der Waals surface area contributed by atoms with Gasteiger partial charge in [-0.3, -0.25) is 9.36 Å². The molecule has 0 aliphatic heterocycles. The summed E-state index contributed by atoms with van der Waals surface area (Å²) in [7, 11) is -1.78. The van der Waals surface area contributed by atoms with Crippen LogP contribution in [-0.4, -0.2) is 76.5 Å². The van der Waals surface area contributed by atoms with Crippen LogP contribution < -0.4 is 0 Å². The second-order valence-corrected chi connectivity index (χ2v) is 9.01. The van der Waals surface area contributed by atoms with Crippen molar-refractivity contribution in [1.82, 2.24) is 24.4 Å². The Morgan fingerprint density at radius 1 is 1.17 bits per heavy atom. The summed E-state index contributed by atoms with van der Waals surface area (Å²) in [6.45, 7) is 6.58. The number of carbonyl (C=O) groups excluding carboxylic acids is 1. The van der Waals surface area contributed by atoms with Crippen molar-refractivity contribution >= 4 is 36.3 Å². The highest BCUT2D eigenvalue weighted by Crippen LogP contribution is 2.47. The van der Waals surface area contributed by atoms with E-state index in [-0.39, 0.29) is 12.1 Å². The van der Waals surface area contributed by atoms with Gasteiger partial charge in [0.1, 0.15) is 11.8 Å². The minimum absolute atomic E-state index is 0.254. The van der Waals surface area contributed by atoms with Crippen LogP contribution in [0.1, 0.15) is 26.7 Å². The Morgan fingerprint density at radius 3 is 2.57 bits per heavy atom. The summed E-state index contributed by atoms with van der Waals surface area (Å²) in [4.78, 5) is 26.0. The first kappa shape index (κ1) is 24.7. The van der Waals surface area contributed by atoms with Gasteiger partial charge in [0.05, 0.1) is 32.8 Å². The molecule has 0 aliphatic rings. The molecule has 0 saturated carbocycles. The Balaban J connectivity index is 2.03.